The van der Waals surface area contributed by atoms with Gasteiger partial charge in [0.15, 0.2) is 0 Å². The summed E-state index contributed by atoms with van der Waals surface area (Å²) in [4.78, 5) is 12.2. The lowest BCUT2D eigenvalue weighted by atomic mass is 9.97. The number of carbonyl (C=O) groups excluding carboxylic acids is 1. The summed E-state index contributed by atoms with van der Waals surface area (Å²) in [5.41, 5.74) is 10.7. The molecule has 0 saturated carbocycles. The van der Waals surface area contributed by atoms with Crippen molar-refractivity contribution in [1.82, 2.24) is 0 Å². The first kappa shape index (κ1) is 15.1. The highest BCUT2D eigenvalue weighted by molar-refractivity contribution is 5.92. The van der Waals surface area contributed by atoms with Crippen molar-refractivity contribution in [3.63, 3.8) is 0 Å². The molecule has 0 aliphatic rings. The molecule has 3 heteroatoms. The second-order valence-electron chi connectivity index (χ2n) is 5.64. The fourth-order valence-electron chi connectivity index (χ4n) is 2.38. The van der Waals surface area contributed by atoms with Gasteiger partial charge in [0, 0.05) is 17.8 Å². The van der Waals surface area contributed by atoms with Crippen molar-refractivity contribution in [2.75, 3.05) is 11.1 Å². The highest BCUT2D eigenvalue weighted by atomic mass is 16.1. The molecule has 0 aliphatic heterocycles. The van der Waals surface area contributed by atoms with E-state index in [4.69, 9.17) is 5.73 Å². The van der Waals surface area contributed by atoms with Gasteiger partial charge in [-0.2, -0.15) is 0 Å². The normalized spacial score (nSPS) is 12.0. The summed E-state index contributed by atoms with van der Waals surface area (Å²) in [6.45, 7) is 6.10. The van der Waals surface area contributed by atoms with Gasteiger partial charge in [-0.15, -0.1) is 0 Å². The van der Waals surface area contributed by atoms with E-state index in [0.717, 1.165) is 22.5 Å². The second-order valence-corrected chi connectivity index (χ2v) is 5.64. The molecule has 0 fully saturated rings. The summed E-state index contributed by atoms with van der Waals surface area (Å²) in [5, 5.41) is 2.99. The summed E-state index contributed by atoms with van der Waals surface area (Å²) in [5.74, 6) is 0.197. The number of nitrogens with one attached hydrogen (secondary N) is 1. The Balaban J connectivity index is 1.99. The topological polar surface area (TPSA) is 55.1 Å². The third-order valence-electron chi connectivity index (χ3n) is 3.65. The standard InChI is InChI=1S/C18H22N2O/c1-12-4-9-17(14(3)10-12)20-18(21)11-13(2)15-5-7-16(19)8-6-15/h4-10,13H,11,19H2,1-3H3,(H,20,21). The van der Waals surface area contributed by atoms with E-state index < -0.39 is 0 Å². The van der Waals surface area contributed by atoms with Crippen molar-refractivity contribution < 1.29 is 4.79 Å². The van der Waals surface area contributed by atoms with Gasteiger partial charge in [-0.1, -0.05) is 36.8 Å². The lowest BCUT2D eigenvalue weighted by Gasteiger charge is -2.13. The lowest BCUT2D eigenvalue weighted by Crippen LogP contribution is -2.15. The zero-order chi connectivity index (χ0) is 15.4. The van der Waals surface area contributed by atoms with Crippen LogP contribution in [0.4, 0.5) is 11.4 Å². The fourth-order valence-corrected chi connectivity index (χ4v) is 2.38. The summed E-state index contributed by atoms with van der Waals surface area (Å²) < 4.78 is 0. The maximum absolute atomic E-state index is 12.2. The lowest BCUT2D eigenvalue weighted by molar-refractivity contribution is -0.116. The highest BCUT2D eigenvalue weighted by Gasteiger charge is 2.12. The van der Waals surface area contributed by atoms with Crippen LogP contribution in [-0.2, 0) is 4.79 Å². The van der Waals surface area contributed by atoms with Crippen LogP contribution < -0.4 is 11.1 Å². The Hall–Kier alpha value is -2.29. The second kappa shape index (κ2) is 6.44. The van der Waals surface area contributed by atoms with Crippen LogP contribution >= 0.6 is 0 Å². The number of nitrogen functional groups attached to an aromatic ring is 1. The summed E-state index contributed by atoms with van der Waals surface area (Å²) in [7, 11) is 0. The van der Waals surface area contributed by atoms with Crippen LogP contribution in [0.5, 0.6) is 0 Å². The van der Waals surface area contributed by atoms with E-state index in [2.05, 4.69) is 11.4 Å². The molecule has 0 heterocycles. The zero-order valence-electron chi connectivity index (χ0n) is 12.8. The quantitative estimate of drug-likeness (QED) is 0.832. The molecular formula is C18H22N2O. The first-order chi connectivity index (χ1) is 9.95. The molecule has 110 valence electrons. The molecule has 1 atom stereocenters. The predicted octanol–water partition coefficient (Wildman–Crippen LogP) is 4.02. The molecule has 0 bridgehead atoms. The number of hydrogen-bond acceptors (Lipinski definition) is 2. The number of benzene rings is 2. The van der Waals surface area contributed by atoms with Gasteiger partial charge in [-0.3, -0.25) is 4.79 Å². The molecule has 0 spiro atoms. The maximum Gasteiger partial charge on any atom is 0.224 e. The van der Waals surface area contributed by atoms with Gasteiger partial charge in [0.05, 0.1) is 0 Å². The van der Waals surface area contributed by atoms with Crippen LogP contribution in [0.2, 0.25) is 0 Å². The molecule has 0 radical (unpaired) electrons. The Morgan fingerprint density at radius 1 is 1.14 bits per heavy atom. The highest BCUT2D eigenvalue weighted by Crippen LogP contribution is 2.22. The average Bonchev–Trinajstić information content (AvgIpc) is 2.42. The van der Waals surface area contributed by atoms with Crippen LogP contribution in [0.15, 0.2) is 42.5 Å². The van der Waals surface area contributed by atoms with E-state index in [9.17, 15) is 4.79 Å². The number of nitrogens with two attached hydrogens (primary N) is 1. The largest absolute Gasteiger partial charge is 0.399 e. The Morgan fingerprint density at radius 3 is 2.43 bits per heavy atom. The van der Waals surface area contributed by atoms with Gasteiger partial charge in [-0.25, -0.2) is 0 Å². The minimum Gasteiger partial charge on any atom is -0.399 e. The van der Waals surface area contributed by atoms with Crippen molar-refractivity contribution in [2.24, 2.45) is 0 Å². The Bertz CT molecular complexity index is 632. The third kappa shape index (κ3) is 4.09. The van der Waals surface area contributed by atoms with Crippen LogP contribution in [0, 0.1) is 13.8 Å². The molecule has 0 aromatic heterocycles. The Kier molecular flexibility index (Phi) is 4.63. The van der Waals surface area contributed by atoms with Crippen LogP contribution in [-0.4, -0.2) is 5.91 Å². The van der Waals surface area contributed by atoms with Gasteiger partial charge in [0.1, 0.15) is 0 Å². The molecule has 2 aromatic carbocycles. The van der Waals surface area contributed by atoms with Crippen molar-refractivity contribution >= 4 is 17.3 Å². The van der Waals surface area contributed by atoms with E-state index in [0.29, 0.717) is 6.42 Å². The van der Waals surface area contributed by atoms with Crippen molar-refractivity contribution in [3.05, 3.63) is 59.2 Å². The van der Waals surface area contributed by atoms with E-state index in [1.165, 1.54) is 5.56 Å². The Labute approximate surface area is 126 Å². The number of rotatable bonds is 4. The molecule has 2 aromatic rings. The molecule has 3 N–H and O–H groups in total. The Morgan fingerprint density at radius 2 is 1.81 bits per heavy atom. The van der Waals surface area contributed by atoms with Crippen LogP contribution in [0.3, 0.4) is 0 Å². The van der Waals surface area contributed by atoms with Gasteiger partial charge in [0.25, 0.3) is 0 Å². The number of hydrogen-bond donors (Lipinski definition) is 2. The fraction of sp³-hybridized carbons (Fsp3) is 0.278. The van der Waals surface area contributed by atoms with E-state index in [-0.39, 0.29) is 11.8 Å². The van der Waals surface area contributed by atoms with Crippen molar-refractivity contribution in [3.8, 4) is 0 Å². The average molecular weight is 282 g/mol. The third-order valence-corrected chi connectivity index (χ3v) is 3.65. The van der Waals surface area contributed by atoms with Crippen molar-refractivity contribution in [2.45, 2.75) is 33.1 Å². The molecule has 0 saturated heterocycles. The monoisotopic (exact) mass is 282 g/mol. The minimum atomic E-state index is 0.0336. The first-order valence-corrected chi connectivity index (χ1v) is 7.18. The molecule has 0 aliphatic carbocycles. The summed E-state index contributed by atoms with van der Waals surface area (Å²) in [6.07, 6.45) is 0.456. The number of anilines is 2. The van der Waals surface area contributed by atoms with Gasteiger partial charge >= 0.3 is 0 Å². The minimum absolute atomic E-state index is 0.0336. The van der Waals surface area contributed by atoms with Crippen LogP contribution in [0.1, 0.15) is 36.0 Å². The summed E-state index contributed by atoms with van der Waals surface area (Å²) in [6, 6.07) is 13.7. The number of amides is 1. The van der Waals surface area contributed by atoms with Gasteiger partial charge in [0.2, 0.25) is 5.91 Å². The van der Waals surface area contributed by atoms with Crippen molar-refractivity contribution in [1.29, 1.82) is 0 Å². The molecule has 1 amide bonds. The van der Waals surface area contributed by atoms with Gasteiger partial charge in [-0.05, 0) is 49.1 Å². The maximum atomic E-state index is 12.2. The smallest absolute Gasteiger partial charge is 0.224 e. The molecule has 1 unspecified atom stereocenters. The molecule has 21 heavy (non-hydrogen) atoms. The van der Waals surface area contributed by atoms with E-state index in [1.54, 1.807) is 0 Å². The summed E-state index contributed by atoms with van der Waals surface area (Å²) >= 11 is 0. The van der Waals surface area contributed by atoms with E-state index in [1.807, 2.05) is 57.2 Å². The van der Waals surface area contributed by atoms with E-state index >= 15 is 0 Å². The van der Waals surface area contributed by atoms with Crippen LogP contribution in [0.25, 0.3) is 0 Å². The zero-order valence-corrected chi connectivity index (χ0v) is 12.8. The molecule has 2 rings (SSSR count). The number of aryl methyl sites for hydroxylation is 2. The predicted molar refractivity (Wildman–Crippen MR) is 88.4 cm³/mol. The SMILES string of the molecule is Cc1ccc(NC(=O)CC(C)c2ccc(N)cc2)c(C)c1. The number of carbonyl (C=O) groups is 1. The molecular weight excluding hydrogens is 260 g/mol. The first-order valence-electron chi connectivity index (χ1n) is 7.18. The molecule has 3 nitrogen and oxygen atoms in total. The van der Waals surface area contributed by atoms with Gasteiger partial charge < -0.3 is 11.1 Å².